The van der Waals surface area contributed by atoms with E-state index >= 15 is 0 Å². The van der Waals surface area contributed by atoms with E-state index in [-0.39, 0.29) is 11.1 Å². The van der Waals surface area contributed by atoms with Crippen LogP contribution in [0.2, 0.25) is 0 Å². The third kappa shape index (κ3) is 3.16. The minimum absolute atomic E-state index is 0.100. The maximum absolute atomic E-state index is 11.5. The largest absolute Gasteiger partial charge is 0.385 e. The zero-order valence-electron chi connectivity index (χ0n) is 12.4. The Hall–Kier alpha value is -1.89. The molecule has 7 heteroatoms. The first-order chi connectivity index (χ1) is 9.43. The number of aryl methyl sites for hydroxylation is 1. The second-order valence-electron chi connectivity index (χ2n) is 5.67. The predicted molar refractivity (Wildman–Crippen MR) is 77.1 cm³/mol. The van der Waals surface area contributed by atoms with Crippen LogP contribution in [0.1, 0.15) is 26.1 Å². The Morgan fingerprint density at radius 2 is 2.25 bits per heavy atom. The molecule has 0 fully saturated rings. The number of nitrogens with one attached hydrogen (secondary N) is 2. The van der Waals surface area contributed by atoms with Crippen molar-refractivity contribution in [2.75, 3.05) is 25.6 Å². The van der Waals surface area contributed by atoms with Crippen molar-refractivity contribution in [1.82, 2.24) is 19.6 Å². The fraction of sp³-hybridized carbons (Fsp3) is 0.615. The zero-order valence-corrected chi connectivity index (χ0v) is 12.4. The minimum atomic E-state index is -0.267. The lowest BCUT2D eigenvalue weighted by Crippen LogP contribution is -2.25. The van der Waals surface area contributed by atoms with Gasteiger partial charge in [0.2, 0.25) is 0 Å². The number of fused-ring (bicyclic) bond motifs is 1. The zero-order chi connectivity index (χ0) is 14.8. The Kier molecular flexibility index (Phi) is 4.08. The summed E-state index contributed by atoms with van der Waals surface area (Å²) < 4.78 is 6.56. The van der Waals surface area contributed by atoms with Gasteiger partial charge in [0.15, 0.2) is 5.65 Å². The number of anilines is 1. The van der Waals surface area contributed by atoms with E-state index in [0.29, 0.717) is 11.5 Å². The molecule has 0 saturated heterocycles. The first-order valence-corrected chi connectivity index (χ1v) is 6.60. The molecule has 2 rings (SSSR count). The van der Waals surface area contributed by atoms with E-state index in [0.717, 1.165) is 25.4 Å². The molecule has 2 aromatic rings. The number of hydrogen-bond donors (Lipinski definition) is 2. The average Bonchev–Trinajstić information content (AvgIpc) is 2.76. The highest BCUT2D eigenvalue weighted by molar-refractivity contribution is 5.49. The van der Waals surface area contributed by atoms with Crippen LogP contribution in [0, 0.1) is 12.3 Å². The van der Waals surface area contributed by atoms with E-state index in [4.69, 9.17) is 4.74 Å². The van der Waals surface area contributed by atoms with Gasteiger partial charge in [-0.2, -0.15) is 5.10 Å². The molecule has 2 N–H and O–H groups in total. The molecule has 0 aliphatic carbocycles. The molecule has 2 aromatic heterocycles. The SMILES string of the molecule is COCCC(C)(C)CNc1cc2n[nH]c(=O)n2c(C)n1. The molecule has 7 nitrogen and oxygen atoms in total. The molecule has 110 valence electrons. The molecule has 2 heterocycles. The predicted octanol–water partition coefficient (Wildman–Crippen LogP) is 1.20. The second kappa shape index (κ2) is 5.62. The Bertz CT molecular complexity index is 644. The molecule has 0 radical (unpaired) electrons. The van der Waals surface area contributed by atoms with Gasteiger partial charge in [0.25, 0.3) is 0 Å². The summed E-state index contributed by atoms with van der Waals surface area (Å²) in [5.41, 5.74) is 0.403. The van der Waals surface area contributed by atoms with Crippen molar-refractivity contribution in [2.45, 2.75) is 27.2 Å². The third-order valence-corrected chi connectivity index (χ3v) is 3.30. The molecule has 0 aliphatic rings. The summed E-state index contributed by atoms with van der Waals surface area (Å²) in [7, 11) is 1.71. The topological polar surface area (TPSA) is 84.3 Å². The highest BCUT2D eigenvalue weighted by Crippen LogP contribution is 2.21. The maximum atomic E-state index is 11.5. The number of nitrogens with zero attached hydrogens (tertiary/aromatic N) is 3. The Balaban J connectivity index is 2.12. The summed E-state index contributed by atoms with van der Waals surface area (Å²) >= 11 is 0. The molecule has 0 amide bonds. The van der Waals surface area contributed by atoms with Gasteiger partial charge in [-0.05, 0) is 18.8 Å². The summed E-state index contributed by atoms with van der Waals surface area (Å²) in [4.78, 5) is 15.9. The van der Waals surface area contributed by atoms with Crippen LogP contribution in [-0.2, 0) is 4.74 Å². The Labute approximate surface area is 117 Å². The Morgan fingerprint density at radius 3 is 2.95 bits per heavy atom. The summed E-state index contributed by atoms with van der Waals surface area (Å²) in [6.07, 6.45) is 0.958. The number of hydrogen-bond acceptors (Lipinski definition) is 5. The van der Waals surface area contributed by atoms with Crippen molar-refractivity contribution in [2.24, 2.45) is 5.41 Å². The molecule has 0 aliphatic heterocycles. The molecule has 0 aromatic carbocycles. The molecule has 0 saturated carbocycles. The van der Waals surface area contributed by atoms with Crippen molar-refractivity contribution in [1.29, 1.82) is 0 Å². The van der Waals surface area contributed by atoms with Gasteiger partial charge >= 0.3 is 5.69 Å². The van der Waals surface area contributed by atoms with Crippen molar-refractivity contribution < 1.29 is 4.74 Å². The van der Waals surface area contributed by atoms with E-state index < -0.39 is 0 Å². The van der Waals surface area contributed by atoms with Crippen LogP contribution in [0.5, 0.6) is 0 Å². The molecule has 20 heavy (non-hydrogen) atoms. The first kappa shape index (κ1) is 14.5. The van der Waals surface area contributed by atoms with Crippen LogP contribution in [0.25, 0.3) is 5.65 Å². The van der Waals surface area contributed by atoms with E-state index in [9.17, 15) is 4.79 Å². The van der Waals surface area contributed by atoms with E-state index in [1.54, 1.807) is 20.1 Å². The number of H-pyrrole nitrogens is 1. The van der Waals surface area contributed by atoms with Crippen LogP contribution < -0.4 is 11.0 Å². The van der Waals surface area contributed by atoms with E-state index in [1.165, 1.54) is 4.40 Å². The molecule has 0 unspecified atom stereocenters. The van der Waals surface area contributed by atoms with Gasteiger partial charge in [-0.15, -0.1) is 0 Å². The van der Waals surface area contributed by atoms with Crippen molar-refractivity contribution in [3.8, 4) is 0 Å². The quantitative estimate of drug-likeness (QED) is 0.830. The van der Waals surface area contributed by atoms with Crippen LogP contribution >= 0.6 is 0 Å². The molecular weight excluding hydrogens is 258 g/mol. The smallest absolute Gasteiger partial charge is 0.349 e. The van der Waals surface area contributed by atoms with E-state index in [1.807, 2.05) is 0 Å². The van der Waals surface area contributed by atoms with Gasteiger partial charge in [0.05, 0.1) is 0 Å². The monoisotopic (exact) mass is 279 g/mol. The van der Waals surface area contributed by atoms with Crippen molar-refractivity contribution >= 4 is 11.5 Å². The highest BCUT2D eigenvalue weighted by Gasteiger charge is 2.18. The van der Waals surface area contributed by atoms with Gasteiger partial charge < -0.3 is 10.1 Å². The number of methoxy groups -OCH3 is 1. The third-order valence-electron chi connectivity index (χ3n) is 3.30. The summed E-state index contributed by atoms with van der Waals surface area (Å²) in [6.45, 7) is 7.63. The van der Waals surface area contributed by atoms with Crippen molar-refractivity contribution in [3.63, 3.8) is 0 Å². The van der Waals surface area contributed by atoms with Crippen molar-refractivity contribution in [3.05, 3.63) is 22.4 Å². The van der Waals surface area contributed by atoms with Crippen LogP contribution in [-0.4, -0.2) is 39.8 Å². The normalized spacial score (nSPS) is 12.0. The maximum Gasteiger partial charge on any atom is 0.349 e. The van der Waals surface area contributed by atoms with Gasteiger partial charge in [-0.25, -0.2) is 19.3 Å². The number of aromatic nitrogens is 4. The van der Waals surface area contributed by atoms with Gasteiger partial charge in [0.1, 0.15) is 11.6 Å². The van der Waals surface area contributed by atoms with Crippen LogP contribution in [0.15, 0.2) is 10.9 Å². The van der Waals surface area contributed by atoms with Crippen LogP contribution in [0.3, 0.4) is 0 Å². The summed E-state index contributed by atoms with van der Waals surface area (Å²) in [5, 5.41) is 9.68. The summed E-state index contributed by atoms with van der Waals surface area (Å²) in [6, 6.07) is 1.76. The highest BCUT2D eigenvalue weighted by atomic mass is 16.5. The first-order valence-electron chi connectivity index (χ1n) is 6.60. The van der Waals surface area contributed by atoms with E-state index in [2.05, 4.69) is 34.3 Å². The lowest BCUT2D eigenvalue weighted by molar-refractivity contribution is 0.157. The molecular formula is C13H21N5O2. The minimum Gasteiger partial charge on any atom is -0.385 e. The molecule has 0 atom stereocenters. The van der Waals surface area contributed by atoms with Gasteiger partial charge in [0, 0.05) is 26.3 Å². The van der Waals surface area contributed by atoms with Gasteiger partial charge in [-0.3, -0.25) is 0 Å². The lowest BCUT2D eigenvalue weighted by Gasteiger charge is -2.24. The summed E-state index contributed by atoms with van der Waals surface area (Å²) in [5.74, 6) is 1.33. The standard InChI is InChI=1S/C13H21N5O2/c1-9-15-10(7-11-16-17-12(19)18(9)11)14-8-13(2,3)5-6-20-4/h7,14H,5-6,8H2,1-4H3,(H,17,19). The molecule has 0 spiro atoms. The lowest BCUT2D eigenvalue weighted by atomic mass is 9.90. The second-order valence-corrected chi connectivity index (χ2v) is 5.67. The fourth-order valence-corrected chi connectivity index (χ4v) is 1.98. The molecule has 0 bridgehead atoms. The fourth-order valence-electron chi connectivity index (χ4n) is 1.98. The van der Waals surface area contributed by atoms with Crippen LogP contribution in [0.4, 0.5) is 5.82 Å². The average molecular weight is 279 g/mol. The Morgan fingerprint density at radius 1 is 1.50 bits per heavy atom. The number of aromatic amines is 1. The van der Waals surface area contributed by atoms with Gasteiger partial charge in [-0.1, -0.05) is 13.8 Å². The number of rotatable bonds is 6. The number of ether oxygens (including phenoxy) is 1.